The van der Waals surface area contributed by atoms with E-state index in [0.717, 1.165) is 6.07 Å². The molecule has 108 valence electrons. The van der Waals surface area contributed by atoms with E-state index in [1.807, 2.05) is 0 Å². The lowest BCUT2D eigenvalue weighted by atomic mass is 10.1. The Labute approximate surface area is 115 Å². The zero-order valence-electron chi connectivity index (χ0n) is 11.1. The molecule has 0 aliphatic heterocycles. The minimum atomic E-state index is -4.42. The highest BCUT2D eigenvalue weighted by Gasteiger charge is 2.32. The summed E-state index contributed by atoms with van der Waals surface area (Å²) >= 11 is 0. The molecule has 0 aromatic heterocycles. The lowest BCUT2D eigenvalue weighted by Gasteiger charge is -2.17. The van der Waals surface area contributed by atoms with E-state index >= 15 is 0 Å². The molecule has 1 aromatic carbocycles. The molecule has 1 atom stereocenters. The number of carbonyl (C=O) groups is 1. The van der Waals surface area contributed by atoms with Crippen molar-refractivity contribution < 1.29 is 18.0 Å². The van der Waals surface area contributed by atoms with Gasteiger partial charge in [-0.3, -0.25) is 4.79 Å². The first kappa shape index (κ1) is 15.9. The van der Waals surface area contributed by atoms with Crippen LogP contribution in [0.5, 0.6) is 0 Å². The number of hydrogen-bond donors (Lipinski definition) is 2. The zero-order chi connectivity index (χ0) is 15.3. The molecular formula is C14H15F3N2O. The Balaban J connectivity index is 2.84. The van der Waals surface area contributed by atoms with Gasteiger partial charge in [0.15, 0.2) is 0 Å². The third-order valence-electron chi connectivity index (χ3n) is 2.68. The zero-order valence-corrected chi connectivity index (χ0v) is 11.1. The van der Waals surface area contributed by atoms with E-state index in [0.29, 0.717) is 0 Å². The van der Waals surface area contributed by atoms with Crippen LogP contribution < -0.4 is 10.6 Å². The molecule has 1 rings (SSSR count). The molecule has 1 amide bonds. The number of benzene rings is 1. The van der Waals surface area contributed by atoms with Gasteiger partial charge in [0.2, 0.25) is 5.91 Å². The fourth-order valence-electron chi connectivity index (χ4n) is 1.62. The van der Waals surface area contributed by atoms with Crippen LogP contribution in [0.25, 0.3) is 0 Å². The van der Waals surface area contributed by atoms with Gasteiger partial charge in [-0.15, -0.1) is 6.42 Å². The van der Waals surface area contributed by atoms with Crippen LogP contribution in [-0.2, 0) is 11.0 Å². The molecule has 0 spiro atoms. The molecule has 20 heavy (non-hydrogen) atoms. The SMILES string of the molecule is C#CCNC(=O)C(C)Nc1ccc(C)c(C(F)(F)F)c1. The Hall–Kier alpha value is -2.16. The van der Waals surface area contributed by atoms with Crippen molar-refractivity contribution in [3.8, 4) is 12.3 Å². The molecule has 2 N–H and O–H groups in total. The first-order valence-corrected chi connectivity index (χ1v) is 5.91. The first-order chi connectivity index (χ1) is 9.25. The third kappa shape index (κ3) is 4.19. The quantitative estimate of drug-likeness (QED) is 0.834. The molecule has 0 saturated heterocycles. The van der Waals surface area contributed by atoms with Crippen molar-refractivity contribution in [2.75, 3.05) is 11.9 Å². The summed E-state index contributed by atoms with van der Waals surface area (Å²) in [5.74, 6) is 1.87. The second kappa shape index (κ2) is 6.33. The number of anilines is 1. The number of alkyl halides is 3. The minimum absolute atomic E-state index is 0.0759. The summed E-state index contributed by atoms with van der Waals surface area (Å²) < 4.78 is 38.3. The van der Waals surface area contributed by atoms with Crippen molar-refractivity contribution >= 4 is 11.6 Å². The lowest BCUT2D eigenvalue weighted by Crippen LogP contribution is -2.37. The monoisotopic (exact) mass is 284 g/mol. The van der Waals surface area contributed by atoms with E-state index in [2.05, 4.69) is 16.6 Å². The van der Waals surface area contributed by atoms with Gasteiger partial charge in [-0.05, 0) is 31.5 Å². The van der Waals surface area contributed by atoms with Gasteiger partial charge in [0, 0.05) is 5.69 Å². The number of hydrogen-bond acceptors (Lipinski definition) is 2. The van der Waals surface area contributed by atoms with Crippen LogP contribution in [0.3, 0.4) is 0 Å². The molecule has 0 bridgehead atoms. The number of amides is 1. The van der Waals surface area contributed by atoms with Crippen molar-refractivity contribution in [1.29, 1.82) is 0 Å². The molecule has 1 aromatic rings. The van der Waals surface area contributed by atoms with Gasteiger partial charge in [-0.2, -0.15) is 13.2 Å². The summed E-state index contributed by atoms with van der Waals surface area (Å²) in [6, 6.07) is 3.15. The second-order valence-electron chi connectivity index (χ2n) is 4.32. The highest BCUT2D eigenvalue weighted by atomic mass is 19.4. The van der Waals surface area contributed by atoms with Crippen molar-refractivity contribution in [1.82, 2.24) is 5.32 Å². The molecule has 1 unspecified atom stereocenters. The Kier molecular flexibility index (Phi) is 5.03. The van der Waals surface area contributed by atoms with Crippen LogP contribution >= 0.6 is 0 Å². The predicted molar refractivity (Wildman–Crippen MR) is 71.1 cm³/mol. The smallest absolute Gasteiger partial charge is 0.374 e. The summed E-state index contributed by atoms with van der Waals surface area (Å²) in [5.41, 5.74) is -0.363. The molecule has 0 radical (unpaired) electrons. The van der Waals surface area contributed by atoms with E-state index in [-0.39, 0.29) is 23.7 Å². The lowest BCUT2D eigenvalue weighted by molar-refractivity contribution is -0.138. The van der Waals surface area contributed by atoms with Crippen molar-refractivity contribution in [3.63, 3.8) is 0 Å². The topological polar surface area (TPSA) is 41.1 Å². The van der Waals surface area contributed by atoms with Gasteiger partial charge < -0.3 is 10.6 Å². The highest BCUT2D eigenvalue weighted by Crippen LogP contribution is 2.33. The third-order valence-corrected chi connectivity index (χ3v) is 2.68. The van der Waals surface area contributed by atoms with Gasteiger partial charge >= 0.3 is 6.18 Å². The standard InChI is InChI=1S/C14H15F3N2O/c1-4-7-18-13(20)10(3)19-11-6-5-9(2)12(8-11)14(15,16)17/h1,5-6,8,10,19H,7H2,2-3H3,(H,18,20). The molecule has 0 aliphatic rings. The van der Waals surface area contributed by atoms with E-state index in [1.165, 1.54) is 19.1 Å². The van der Waals surface area contributed by atoms with Crippen LogP contribution in [0.2, 0.25) is 0 Å². The summed E-state index contributed by atoms with van der Waals surface area (Å²) in [6.45, 7) is 3.00. The van der Waals surface area contributed by atoms with Gasteiger partial charge in [-0.1, -0.05) is 12.0 Å². The van der Waals surface area contributed by atoms with E-state index in [9.17, 15) is 18.0 Å². The Morgan fingerprint density at radius 1 is 1.45 bits per heavy atom. The van der Waals surface area contributed by atoms with Gasteiger partial charge in [-0.25, -0.2) is 0 Å². The molecule has 3 nitrogen and oxygen atoms in total. The molecule has 0 heterocycles. The summed E-state index contributed by atoms with van der Waals surface area (Å²) in [4.78, 5) is 11.6. The van der Waals surface area contributed by atoms with Crippen LogP contribution in [-0.4, -0.2) is 18.5 Å². The summed E-state index contributed by atoms with van der Waals surface area (Å²) in [5, 5.41) is 5.16. The van der Waals surface area contributed by atoms with Crippen LogP contribution in [0, 0.1) is 19.3 Å². The average molecular weight is 284 g/mol. The first-order valence-electron chi connectivity index (χ1n) is 5.91. The molecular weight excluding hydrogens is 269 g/mol. The number of carbonyl (C=O) groups excluding carboxylic acids is 1. The average Bonchev–Trinajstić information content (AvgIpc) is 2.36. The van der Waals surface area contributed by atoms with E-state index in [4.69, 9.17) is 6.42 Å². The molecule has 0 saturated carbocycles. The fraction of sp³-hybridized carbons (Fsp3) is 0.357. The van der Waals surface area contributed by atoms with Crippen LogP contribution in [0.1, 0.15) is 18.1 Å². The molecule has 0 aliphatic carbocycles. The number of rotatable bonds is 4. The van der Waals surface area contributed by atoms with E-state index in [1.54, 1.807) is 6.92 Å². The number of terminal acetylenes is 1. The van der Waals surface area contributed by atoms with Gasteiger partial charge in [0.1, 0.15) is 6.04 Å². The number of halogens is 3. The van der Waals surface area contributed by atoms with Crippen LogP contribution in [0.4, 0.5) is 18.9 Å². The Morgan fingerprint density at radius 3 is 2.65 bits per heavy atom. The molecule has 0 fully saturated rings. The maximum absolute atomic E-state index is 12.8. The summed E-state index contributed by atoms with van der Waals surface area (Å²) in [7, 11) is 0. The minimum Gasteiger partial charge on any atom is -0.374 e. The van der Waals surface area contributed by atoms with Gasteiger partial charge in [0.05, 0.1) is 12.1 Å². The molecule has 6 heteroatoms. The predicted octanol–water partition coefficient (Wildman–Crippen LogP) is 2.56. The Bertz CT molecular complexity index is 532. The van der Waals surface area contributed by atoms with Gasteiger partial charge in [0.25, 0.3) is 0 Å². The highest BCUT2D eigenvalue weighted by molar-refractivity contribution is 5.84. The maximum atomic E-state index is 12.8. The number of nitrogens with one attached hydrogen (secondary N) is 2. The normalized spacial score (nSPS) is 12.4. The van der Waals surface area contributed by atoms with Crippen LogP contribution in [0.15, 0.2) is 18.2 Å². The Morgan fingerprint density at radius 2 is 2.10 bits per heavy atom. The van der Waals surface area contributed by atoms with E-state index < -0.39 is 17.8 Å². The summed E-state index contributed by atoms with van der Waals surface area (Å²) in [6.07, 6.45) is 0.584. The van der Waals surface area contributed by atoms with Crippen molar-refractivity contribution in [2.45, 2.75) is 26.1 Å². The second-order valence-corrected chi connectivity index (χ2v) is 4.32. The van der Waals surface area contributed by atoms with Crippen molar-refractivity contribution in [2.24, 2.45) is 0 Å². The largest absolute Gasteiger partial charge is 0.416 e. The maximum Gasteiger partial charge on any atom is 0.416 e. The van der Waals surface area contributed by atoms with Crippen molar-refractivity contribution in [3.05, 3.63) is 29.3 Å². The fourth-order valence-corrected chi connectivity index (χ4v) is 1.62. The number of aryl methyl sites for hydroxylation is 1.